The summed E-state index contributed by atoms with van der Waals surface area (Å²) >= 11 is 1.57. The summed E-state index contributed by atoms with van der Waals surface area (Å²) in [4.78, 5) is 28.2. The van der Waals surface area contributed by atoms with Gasteiger partial charge in [0.2, 0.25) is 5.91 Å². The van der Waals surface area contributed by atoms with E-state index in [2.05, 4.69) is 37.4 Å². The first-order chi connectivity index (χ1) is 14.1. The summed E-state index contributed by atoms with van der Waals surface area (Å²) < 4.78 is 5.32. The van der Waals surface area contributed by atoms with E-state index in [4.69, 9.17) is 4.74 Å². The van der Waals surface area contributed by atoms with Crippen LogP contribution in [0.5, 0.6) is 0 Å². The zero-order valence-electron chi connectivity index (χ0n) is 18.2. The van der Waals surface area contributed by atoms with Crippen LogP contribution in [0, 0.1) is 13.8 Å². The summed E-state index contributed by atoms with van der Waals surface area (Å²) in [7, 11) is 0. The van der Waals surface area contributed by atoms with Gasteiger partial charge in [0, 0.05) is 16.3 Å². The maximum absolute atomic E-state index is 12.6. The highest BCUT2D eigenvalue weighted by molar-refractivity contribution is 7.99. The van der Waals surface area contributed by atoms with Crippen molar-refractivity contribution in [2.45, 2.75) is 50.0 Å². The molecule has 0 radical (unpaired) electrons. The summed E-state index contributed by atoms with van der Waals surface area (Å²) in [6.07, 6.45) is -0.635. The topological polar surface area (TPSA) is 78.9 Å². The smallest absolute Gasteiger partial charge is 0.410 e. The molecule has 2 amide bonds. The van der Waals surface area contributed by atoms with E-state index in [9.17, 15) is 14.7 Å². The van der Waals surface area contributed by atoms with Crippen LogP contribution in [-0.4, -0.2) is 47.3 Å². The van der Waals surface area contributed by atoms with E-state index < -0.39 is 11.7 Å². The molecule has 0 saturated heterocycles. The van der Waals surface area contributed by atoms with Crippen LogP contribution < -0.4 is 5.32 Å². The Balaban J connectivity index is 2.11. The van der Waals surface area contributed by atoms with Crippen LogP contribution >= 0.6 is 11.8 Å². The van der Waals surface area contributed by atoms with Gasteiger partial charge in [0.15, 0.2) is 0 Å². The van der Waals surface area contributed by atoms with Gasteiger partial charge in [-0.15, -0.1) is 0 Å². The van der Waals surface area contributed by atoms with Crippen molar-refractivity contribution in [3.05, 3.63) is 53.6 Å². The number of hydrogen-bond donors (Lipinski definition) is 2. The standard InChI is InChI=1S/C23H30N2O4S/c1-16-10-11-19(17(2)14-16)30-20-9-7-6-8-18(20)24-21(27)15-25(12-13-26)22(28)29-23(3,4)5/h6-11,14,26H,12-13,15H2,1-5H3,(H,24,27). The van der Waals surface area contributed by atoms with Crippen LogP contribution in [0.25, 0.3) is 0 Å². The number of benzene rings is 2. The number of aryl methyl sites for hydroxylation is 2. The number of para-hydroxylation sites is 1. The highest BCUT2D eigenvalue weighted by atomic mass is 32.2. The van der Waals surface area contributed by atoms with Gasteiger partial charge >= 0.3 is 6.09 Å². The molecule has 2 aromatic rings. The van der Waals surface area contributed by atoms with Crippen LogP contribution in [-0.2, 0) is 9.53 Å². The minimum atomic E-state index is -0.684. The lowest BCUT2D eigenvalue weighted by atomic mass is 10.2. The highest BCUT2D eigenvalue weighted by Crippen LogP contribution is 2.35. The van der Waals surface area contributed by atoms with Crippen molar-refractivity contribution in [1.82, 2.24) is 4.90 Å². The molecule has 0 aromatic heterocycles. The van der Waals surface area contributed by atoms with Crippen molar-refractivity contribution in [2.75, 3.05) is 25.0 Å². The summed E-state index contributed by atoms with van der Waals surface area (Å²) in [5, 5.41) is 12.1. The third-order valence-electron chi connectivity index (χ3n) is 4.07. The van der Waals surface area contributed by atoms with E-state index in [1.807, 2.05) is 24.3 Å². The average Bonchev–Trinajstić information content (AvgIpc) is 2.63. The van der Waals surface area contributed by atoms with Gasteiger partial charge in [-0.2, -0.15) is 0 Å². The van der Waals surface area contributed by atoms with Crippen molar-refractivity contribution in [1.29, 1.82) is 0 Å². The molecule has 0 heterocycles. The molecule has 6 nitrogen and oxygen atoms in total. The molecule has 0 saturated carbocycles. The van der Waals surface area contributed by atoms with E-state index in [0.717, 1.165) is 9.79 Å². The number of amides is 2. The van der Waals surface area contributed by atoms with Crippen LogP contribution in [0.2, 0.25) is 0 Å². The minimum absolute atomic E-state index is 0.0152. The van der Waals surface area contributed by atoms with Crippen LogP contribution in [0.15, 0.2) is 52.3 Å². The summed E-state index contributed by atoms with van der Waals surface area (Å²) in [6, 6.07) is 13.8. The summed E-state index contributed by atoms with van der Waals surface area (Å²) in [5.74, 6) is -0.358. The normalized spacial score (nSPS) is 11.1. The molecule has 0 unspecified atom stereocenters. The van der Waals surface area contributed by atoms with Gasteiger partial charge in [0.1, 0.15) is 12.1 Å². The first-order valence-electron chi connectivity index (χ1n) is 9.82. The SMILES string of the molecule is Cc1ccc(Sc2ccccc2NC(=O)CN(CCO)C(=O)OC(C)(C)C)c(C)c1. The molecule has 2 aromatic carbocycles. The quantitative estimate of drug-likeness (QED) is 0.670. The third-order valence-corrected chi connectivity index (χ3v) is 5.32. The summed E-state index contributed by atoms with van der Waals surface area (Å²) in [5.41, 5.74) is 2.35. The lowest BCUT2D eigenvalue weighted by Gasteiger charge is -2.26. The Bertz CT molecular complexity index is 893. The fourth-order valence-electron chi connectivity index (χ4n) is 2.74. The van der Waals surface area contributed by atoms with E-state index in [1.165, 1.54) is 16.0 Å². The maximum Gasteiger partial charge on any atom is 0.410 e. The van der Waals surface area contributed by atoms with E-state index in [0.29, 0.717) is 5.69 Å². The molecule has 7 heteroatoms. The molecular weight excluding hydrogens is 400 g/mol. The van der Waals surface area contributed by atoms with E-state index in [1.54, 1.807) is 32.5 Å². The monoisotopic (exact) mass is 430 g/mol. The highest BCUT2D eigenvalue weighted by Gasteiger charge is 2.24. The zero-order chi connectivity index (χ0) is 22.3. The number of aliphatic hydroxyl groups is 1. The predicted octanol–water partition coefficient (Wildman–Crippen LogP) is 4.62. The Morgan fingerprint density at radius 3 is 2.43 bits per heavy atom. The molecule has 0 spiro atoms. The van der Waals surface area contributed by atoms with Crippen molar-refractivity contribution in [3.63, 3.8) is 0 Å². The molecule has 2 rings (SSSR count). The van der Waals surface area contributed by atoms with Crippen LogP contribution in [0.1, 0.15) is 31.9 Å². The van der Waals surface area contributed by atoms with E-state index >= 15 is 0 Å². The van der Waals surface area contributed by atoms with Gasteiger partial charge in [-0.25, -0.2) is 4.79 Å². The van der Waals surface area contributed by atoms with Gasteiger partial charge in [-0.1, -0.05) is 41.6 Å². The first kappa shape index (κ1) is 23.8. The predicted molar refractivity (Wildman–Crippen MR) is 120 cm³/mol. The summed E-state index contributed by atoms with van der Waals surface area (Å²) in [6.45, 7) is 8.92. The Hall–Kier alpha value is -2.51. The molecule has 30 heavy (non-hydrogen) atoms. The molecular formula is C23H30N2O4S. The number of aliphatic hydroxyl groups excluding tert-OH is 1. The van der Waals surface area contributed by atoms with Gasteiger partial charge in [-0.3, -0.25) is 9.69 Å². The van der Waals surface area contributed by atoms with Crippen molar-refractivity contribution in [2.24, 2.45) is 0 Å². The number of nitrogens with one attached hydrogen (secondary N) is 1. The number of hydrogen-bond acceptors (Lipinski definition) is 5. The molecule has 0 bridgehead atoms. The second-order valence-corrected chi connectivity index (χ2v) is 9.12. The Kier molecular flexibility index (Phi) is 8.32. The molecule has 0 fully saturated rings. The average molecular weight is 431 g/mol. The van der Waals surface area contributed by atoms with Crippen LogP contribution in [0.3, 0.4) is 0 Å². The number of ether oxygens (including phenoxy) is 1. The second kappa shape index (κ2) is 10.5. The number of rotatable bonds is 7. The fourth-order valence-corrected chi connectivity index (χ4v) is 3.70. The molecule has 162 valence electrons. The molecule has 0 atom stereocenters. The van der Waals surface area contributed by atoms with Crippen molar-refractivity contribution < 1.29 is 19.4 Å². The van der Waals surface area contributed by atoms with Crippen molar-refractivity contribution >= 4 is 29.4 Å². The largest absolute Gasteiger partial charge is 0.444 e. The molecule has 2 N–H and O–H groups in total. The number of anilines is 1. The third kappa shape index (κ3) is 7.39. The minimum Gasteiger partial charge on any atom is -0.444 e. The molecule has 0 aliphatic carbocycles. The van der Waals surface area contributed by atoms with Gasteiger partial charge in [0.05, 0.1) is 12.3 Å². The number of carbonyl (C=O) groups excluding carboxylic acids is 2. The Morgan fingerprint density at radius 1 is 1.10 bits per heavy atom. The maximum atomic E-state index is 12.6. The second-order valence-electron chi connectivity index (χ2n) is 8.04. The fraction of sp³-hybridized carbons (Fsp3) is 0.391. The number of carbonyl (C=O) groups is 2. The lowest BCUT2D eigenvalue weighted by Crippen LogP contribution is -2.42. The number of nitrogens with zero attached hydrogens (tertiary/aromatic N) is 1. The van der Waals surface area contributed by atoms with Crippen LogP contribution in [0.4, 0.5) is 10.5 Å². The van der Waals surface area contributed by atoms with Gasteiger partial charge < -0.3 is 15.2 Å². The first-order valence-corrected chi connectivity index (χ1v) is 10.6. The zero-order valence-corrected chi connectivity index (χ0v) is 19.0. The molecule has 0 aliphatic rings. The lowest BCUT2D eigenvalue weighted by molar-refractivity contribution is -0.117. The Labute approximate surface area is 182 Å². The molecule has 0 aliphatic heterocycles. The Morgan fingerprint density at radius 2 is 1.80 bits per heavy atom. The van der Waals surface area contributed by atoms with Crippen molar-refractivity contribution in [3.8, 4) is 0 Å². The van der Waals surface area contributed by atoms with E-state index in [-0.39, 0.29) is 25.6 Å². The van der Waals surface area contributed by atoms with Gasteiger partial charge in [-0.05, 0) is 58.4 Å². The van der Waals surface area contributed by atoms with Gasteiger partial charge in [0.25, 0.3) is 0 Å².